The van der Waals surface area contributed by atoms with Gasteiger partial charge in [0, 0.05) is 48.8 Å². The monoisotopic (exact) mass is 636 g/mol. The molecule has 3 aliphatic rings. The number of nitrogens with one attached hydrogen (secondary N) is 1. The third-order valence-corrected chi connectivity index (χ3v) is 10.3. The molecule has 2 saturated heterocycles. The Kier molecular flexibility index (Phi) is 7.99. The summed E-state index contributed by atoms with van der Waals surface area (Å²) >= 11 is 13.0. The largest absolute Gasteiger partial charge is 0.373 e. The Hall–Kier alpha value is -2.70. The van der Waals surface area contributed by atoms with Crippen molar-refractivity contribution < 1.29 is 26.9 Å². The average Bonchev–Trinajstić information content (AvgIpc) is 3.64. The van der Waals surface area contributed by atoms with E-state index in [2.05, 4.69) is 10.1 Å². The zero-order valence-corrected chi connectivity index (χ0v) is 25.5. The van der Waals surface area contributed by atoms with Crippen LogP contribution in [0.5, 0.6) is 0 Å². The molecule has 0 radical (unpaired) electrons. The number of anilines is 1. The van der Waals surface area contributed by atoms with E-state index in [1.54, 1.807) is 24.3 Å². The molecule has 1 amide bonds. The fraction of sp³-hybridized carbons (Fsp3) is 0.448. The van der Waals surface area contributed by atoms with Gasteiger partial charge in [0.2, 0.25) is 0 Å². The zero-order valence-electron chi connectivity index (χ0n) is 23.1. The maximum Gasteiger partial charge on any atom is 0.303 e. The molecule has 9 nitrogen and oxygen atoms in total. The lowest BCUT2D eigenvalue weighted by molar-refractivity contribution is 0.0146. The highest BCUT2D eigenvalue weighted by Gasteiger charge is 2.43. The number of rotatable bonds is 9. The summed E-state index contributed by atoms with van der Waals surface area (Å²) < 4.78 is 54.4. The molecule has 2 aromatic carbocycles. The predicted octanol–water partition coefficient (Wildman–Crippen LogP) is 5.92. The number of nitrogens with zero attached hydrogens (tertiary/aromatic N) is 3. The lowest BCUT2D eigenvalue weighted by Crippen LogP contribution is -2.46. The zero-order chi connectivity index (χ0) is 29.8. The van der Waals surface area contributed by atoms with E-state index >= 15 is 4.39 Å². The smallest absolute Gasteiger partial charge is 0.303 e. The quantitative estimate of drug-likeness (QED) is 0.311. The van der Waals surface area contributed by atoms with E-state index in [0.717, 1.165) is 47.4 Å². The van der Waals surface area contributed by atoms with Gasteiger partial charge in [0.05, 0.1) is 28.4 Å². The molecule has 3 atom stereocenters. The Labute approximate surface area is 254 Å². The van der Waals surface area contributed by atoms with Crippen LogP contribution >= 0.6 is 23.2 Å². The van der Waals surface area contributed by atoms with Gasteiger partial charge in [-0.1, -0.05) is 34.4 Å². The first-order chi connectivity index (χ1) is 20.0. The number of carbonyl (C=O) groups is 1. The van der Waals surface area contributed by atoms with Crippen LogP contribution in [0.3, 0.4) is 0 Å². The molecule has 2 bridgehead atoms. The highest BCUT2D eigenvalue weighted by Crippen LogP contribution is 2.47. The highest BCUT2D eigenvalue weighted by molar-refractivity contribution is 7.87. The van der Waals surface area contributed by atoms with Crippen LogP contribution in [-0.2, 0) is 21.6 Å². The second-order valence-electron chi connectivity index (χ2n) is 11.3. The summed E-state index contributed by atoms with van der Waals surface area (Å²) in [7, 11) is -1.39. The van der Waals surface area contributed by atoms with E-state index in [0.29, 0.717) is 52.4 Å². The SMILES string of the molecule is CN(C)S(=O)(=O)NC(=O)c1ccc(N2C3CC[C@H]2CC(OCc2c(-c4c(Cl)cccc4Cl)noc2C2CC2)C3)c(F)c1. The first-order valence-electron chi connectivity index (χ1n) is 13.9. The van der Waals surface area contributed by atoms with Gasteiger partial charge in [-0.15, -0.1) is 0 Å². The van der Waals surface area contributed by atoms with E-state index in [4.69, 9.17) is 32.5 Å². The van der Waals surface area contributed by atoms with Crippen LogP contribution in [0.4, 0.5) is 10.1 Å². The van der Waals surface area contributed by atoms with Crippen molar-refractivity contribution in [3.05, 3.63) is 69.1 Å². The van der Waals surface area contributed by atoms with Gasteiger partial charge in [0.25, 0.3) is 5.91 Å². The van der Waals surface area contributed by atoms with Crippen molar-refractivity contribution in [3.63, 3.8) is 0 Å². The van der Waals surface area contributed by atoms with E-state index in [9.17, 15) is 13.2 Å². The second kappa shape index (κ2) is 11.4. The standard InChI is InChI=1S/C29H31Cl2FN4O5S/c1-35(2)42(38,39)34-29(37)17-8-11-25(24(32)12-17)36-18-9-10-19(36)14-20(13-18)40-15-21-27(33-41-28(21)16-6-7-16)26-22(30)4-3-5-23(26)31/h3-5,8,11-12,16,18-20H,6-7,9-10,13-15H2,1-2H3,(H,34,37)/t18-,19?,20?/m0/s1. The summed E-state index contributed by atoms with van der Waals surface area (Å²) in [5, 5.41) is 5.34. The Bertz CT molecular complexity index is 1590. The molecular weight excluding hydrogens is 606 g/mol. The van der Waals surface area contributed by atoms with Crippen molar-refractivity contribution >= 4 is 45.0 Å². The van der Waals surface area contributed by atoms with Crippen LogP contribution in [0.2, 0.25) is 10.0 Å². The molecule has 1 aliphatic carbocycles. The van der Waals surface area contributed by atoms with Crippen LogP contribution in [-0.4, -0.2) is 56.1 Å². The van der Waals surface area contributed by atoms with Crippen molar-refractivity contribution in [2.45, 2.75) is 69.2 Å². The third-order valence-electron chi connectivity index (χ3n) is 8.31. The Morgan fingerprint density at radius 2 is 1.79 bits per heavy atom. The van der Waals surface area contributed by atoms with Gasteiger partial charge in [-0.25, -0.2) is 9.11 Å². The lowest BCUT2D eigenvalue weighted by atomic mass is 9.98. The minimum atomic E-state index is -3.99. The lowest BCUT2D eigenvalue weighted by Gasteiger charge is -2.40. The Morgan fingerprint density at radius 1 is 1.12 bits per heavy atom. The van der Waals surface area contributed by atoms with E-state index in [1.807, 2.05) is 4.72 Å². The van der Waals surface area contributed by atoms with Crippen molar-refractivity contribution in [1.29, 1.82) is 0 Å². The fourth-order valence-electron chi connectivity index (χ4n) is 6.03. The van der Waals surface area contributed by atoms with Crippen LogP contribution in [0.1, 0.15) is 66.1 Å². The van der Waals surface area contributed by atoms with Gasteiger partial charge in [-0.05, 0) is 68.9 Å². The molecule has 0 spiro atoms. The van der Waals surface area contributed by atoms with Crippen LogP contribution in [0.15, 0.2) is 40.9 Å². The van der Waals surface area contributed by atoms with Crippen LogP contribution in [0.25, 0.3) is 11.3 Å². The summed E-state index contributed by atoms with van der Waals surface area (Å²) in [4.78, 5) is 14.5. The summed E-state index contributed by atoms with van der Waals surface area (Å²) in [6, 6.07) is 9.57. The first-order valence-corrected chi connectivity index (χ1v) is 16.1. The summed E-state index contributed by atoms with van der Waals surface area (Å²) in [5.41, 5.74) is 2.45. The number of piperidine rings is 1. The summed E-state index contributed by atoms with van der Waals surface area (Å²) in [6.07, 6.45) is 5.26. The molecule has 3 fully saturated rings. The maximum atomic E-state index is 15.3. The Balaban J connectivity index is 1.16. The molecular formula is C29H31Cl2FN4O5S. The number of fused-ring (bicyclic) bond motifs is 2. The van der Waals surface area contributed by atoms with E-state index < -0.39 is 21.9 Å². The molecule has 1 N–H and O–H groups in total. The van der Waals surface area contributed by atoms with Crippen molar-refractivity contribution in [1.82, 2.24) is 14.2 Å². The fourth-order valence-corrected chi connectivity index (χ4v) is 7.14. The summed E-state index contributed by atoms with van der Waals surface area (Å²) in [5.74, 6) is -0.312. The predicted molar refractivity (Wildman–Crippen MR) is 158 cm³/mol. The van der Waals surface area contributed by atoms with Gasteiger partial charge < -0.3 is 14.2 Å². The number of halogens is 3. The van der Waals surface area contributed by atoms with Crippen LogP contribution < -0.4 is 9.62 Å². The Morgan fingerprint density at radius 3 is 2.38 bits per heavy atom. The van der Waals surface area contributed by atoms with Gasteiger partial charge in [0.1, 0.15) is 17.3 Å². The molecule has 3 heterocycles. The third kappa shape index (κ3) is 5.65. The average molecular weight is 638 g/mol. The number of hydrogen-bond acceptors (Lipinski definition) is 7. The number of ether oxygens (including phenoxy) is 1. The molecule has 2 unspecified atom stereocenters. The summed E-state index contributed by atoms with van der Waals surface area (Å²) in [6.45, 7) is 0.310. The minimum absolute atomic E-state index is 0.0420. The molecule has 42 heavy (non-hydrogen) atoms. The molecule has 1 saturated carbocycles. The van der Waals surface area contributed by atoms with Crippen LogP contribution in [0, 0.1) is 5.82 Å². The molecule has 3 aromatic rings. The molecule has 13 heteroatoms. The highest BCUT2D eigenvalue weighted by atomic mass is 35.5. The normalized spacial score (nSPS) is 22.1. The molecule has 2 aliphatic heterocycles. The van der Waals surface area contributed by atoms with E-state index in [1.165, 1.54) is 20.2 Å². The molecule has 6 rings (SSSR count). The number of hydrogen-bond donors (Lipinski definition) is 1. The van der Waals surface area contributed by atoms with Crippen molar-refractivity contribution in [2.75, 3.05) is 19.0 Å². The number of carbonyl (C=O) groups excluding carboxylic acids is 1. The molecule has 1 aromatic heterocycles. The topological polar surface area (TPSA) is 105 Å². The van der Waals surface area contributed by atoms with Gasteiger partial charge in [-0.3, -0.25) is 4.79 Å². The second-order valence-corrected chi connectivity index (χ2v) is 14.0. The van der Waals surface area contributed by atoms with E-state index in [-0.39, 0.29) is 23.8 Å². The number of benzene rings is 2. The number of amides is 1. The minimum Gasteiger partial charge on any atom is -0.373 e. The maximum absolute atomic E-state index is 15.3. The van der Waals surface area contributed by atoms with Gasteiger partial charge >= 0.3 is 10.2 Å². The molecule has 224 valence electrons. The number of aromatic nitrogens is 1. The van der Waals surface area contributed by atoms with Gasteiger partial charge in [-0.2, -0.15) is 12.7 Å². The first kappa shape index (κ1) is 29.4. The van der Waals surface area contributed by atoms with Gasteiger partial charge in [0.15, 0.2) is 0 Å². The van der Waals surface area contributed by atoms with Crippen molar-refractivity contribution in [3.8, 4) is 11.3 Å². The van der Waals surface area contributed by atoms with Crippen molar-refractivity contribution in [2.24, 2.45) is 0 Å².